The third-order valence-corrected chi connectivity index (χ3v) is 2.57. The molecule has 0 aromatic heterocycles. The first-order valence-corrected chi connectivity index (χ1v) is 5.82. The van der Waals surface area contributed by atoms with Gasteiger partial charge < -0.3 is 0 Å². The SMILES string of the molecule is N[C@@H](CCC(=O)O)C(=O)N[C@@H](C[SeH])C(=O)O. The monoisotopic (exact) mass is 298 g/mol. The van der Waals surface area contributed by atoms with Gasteiger partial charge in [0.05, 0.1) is 0 Å². The van der Waals surface area contributed by atoms with Crippen molar-refractivity contribution in [3.8, 4) is 0 Å². The molecule has 0 aliphatic heterocycles. The number of carbonyl (C=O) groups is 3. The molecule has 1 amide bonds. The quantitative estimate of drug-likeness (QED) is 0.405. The number of nitrogens with two attached hydrogens (primary N) is 1. The van der Waals surface area contributed by atoms with Crippen molar-refractivity contribution in [2.75, 3.05) is 0 Å². The Bertz CT molecular complexity index is 284. The van der Waals surface area contributed by atoms with E-state index in [0.29, 0.717) is 0 Å². The van der Waals surface area contributed by atoms with Crippen molar-refractivity contribution in [3.63, 3.8) is 0 Å². The Labute approximate surface area is 100 Å². The Morgan fingerprint density at radius 3 is 2.25 bits per heavy atom. The molecule has 8 heteroatoms. The molecule has 0 saturated heterocycles. The number of aliphatic carboxylic acids is 2. The van der Waals surface area contributed by atoms with Gasteiger partial charge in [-0.15, -0.1) is 0 Å². The number of nitrogens with one attached hydrogen (secondary N) is 1. The number of amides is 1. The van der Waals surface area contributed by atoms with E-state index in [1.54, 1.807) is 0 Å². The fourth-order valence-corrected chi connectivity index (χ4v) is 1.39. The van der Waals surface area contributed by atoms with Crippen LogP contribution in [0.15, 0.2) is 0 Å². The van der Waals surface area contributed by atoms with Crippen molar-refractivity contribution in [1.82, 2.24) is 5.32 Å². The van der Waals surface area contributed by atoms with Crippen molar-refractivity contribution in [2.24, 2.45) is 5.73 Å². The van der Waals surface area contributed by atoms with Crippen LogP contribution in [-0.4, -0.2) is 56.2 Å². The van der Waals surface area contributed by atoms with Crippen LogP contribution in [0.25, 0.3) is 0 Å². The summed E-state index contributed by atoms with van der Waals surface area (Å²) in [6.45, 7) is 0. The molecule has 0 saturated carbocycles. The molecule has 0 aliphatic carbocycles. The van der Waals surface area contributed by atoms with Crippen LogP contribution < -0.4 is 11.1 Å². The molecular formula is C8H14N2O5Se. The van der Waals surface area contributed by atoms with Crippen LogP contribution in [0.2, 0.25) is 5.32 Å². The van der Waals surface area contributed by atoms with Crippen LogP contribution in [0.5, 0.6) is 0 Å². The zero-order chi connectivity index (χ0) is 12.7. The van der Waals surface area contributed by atoms with E-state index >= 15 is 0 Å². The topological polar surface area (TPSA) is 130 Å². The molecule has 16 heavy (non-hydrogen) atoms. The molecule has 0 bridgehead atoms. The molecule has 7 nitrogen and oxygen atoms in total. The zero-order valence-electron chi connectivity index (χ0n) is 8.42. The Morgan fingerprint density at radius 2 is 1.88 bits per heavy atom. The third kappa shape index (κ3) is 5.69. The van der Waals surface area contributed by atoms with Gasteiger partial charge >= 0.3 is 99.8 Å². The standard InChI is InChI=1S/C8H14N2O5Se/c9-4(1-2-6(11)12)7(13)10-5(3-16)8(14)15/h4-5,16H,1-3,9H2,(H,10,13)(H,11,12)(H,14,15)/t4-,5-/m0/s1. The number of rotatable bonds is 7. The Balaban J connectivity index is 4.13. The van der Waals surface area contributed by atoms with Crippen LogP contribution in [0.4, 0.5) is 0 Å². The van der Waals surface area contributed by atoms with Crippen molar-refractivity contribution in [3.05, 3.63) is 0 Å². The van der Waals surface area contributed by atoms with Gasteiger partial charge in [0.25, 0.3) is 0 Å². The van der Waals surface area contributed by atoms with Gasteiger partial charge in [-0.25, -0.2) is 0 Å². The number of hydrogen-bond donors (Lipinski definition) is 4. The van der Waals surface area contributed by atoms with E-state index in [1.807, 2.05) is 0 Å². The molecular weight excluding hydrogens is 283 g/mol. The fraction of sp³-hybridized carbons (Fsp3) is 0.625. The van der Waals surface area contributed by atoms with Gasteiger partial charge in [0, 0.05) is 0 Å². The van der Waals surface area contributed by atoms with Crippen LogP contribution in [-0.2, 0) is 14.4 Å². The van der Waals surface area contributed by atoms with Gasteiger partial charge in [-0.3, -0.25) is 0 Å². The Hall–Kier alpha value is -1.11. The number of carboxylic acid groups (broad SMARTS) is 2. The third-order valence-electron chi connectivity index (χ3n) is 1.80. The molecule has 92 valence electrons. The summed E-state index contributed by atoms with van der Waals surface area (Å²) >= 11 is 2.05. The maximum absolute atomic E-state index is 11.3. The fourth-order valence-electron chi connectivity index (χ4n) is 0.874. The second-order valence-corrected chi connectivity index (χ2v) is 3.89. The van der Waals surface area contributed by atoms with E-state index in [2.05, 4.69) is 21.3 Å². The average Bonchev–Trinajstić information content (AvgIpc) is 2.21. The first kappa shape index (κ1) is 14.9. The molecule has 0 rings (SSSR count). The summed E-state index contributed by atoms with van der Waals surface area (Å²) in [5.74, 6) is -2.86. The van der Waals surface area contributed by atoms with Crippen molar-refractivity contribution in [2.45, 2.75) is 30.2 Å². The number of carboxylic acids is 2. The molecule has 0 aromatic carbocycles. The van der Waals surface area contributed by atoms with E-state index in [0.717, 1.165) is 0 Å². The summed E-state index contributed by atoms with van der Waals surface area (Å²) in [5, 5.41) is 19.4. The van der Waals surface area contributed by atoms with E-state index < -0.39 is 29.9 Å². The molecule has 0 heterocycles. The van der Waals surface area contributed by atoms with Gasteiger partial charge in [-0.1, -0.05) is 0 Å². The predicted molar refractivity (Wildman–Crippen MR) is 56.4 cm³/mol. The molecule has 0 aliphatic rings. The molecule has 0 unspecified atom stereocenters. The first-order chi connectivity index (χ1) is 7.38. The van der Waals surface area contributed by atoms with E-state index in [1.165, 1.54) is 0 Å². The average molecular weight is 297 g/mol. The van der Waals surface area contributed by atoms with Gasteiger partial charge in [-0.05, 0) is 0 Å². The molecule has 2 atom stereocenters. The van der Waals surface area contributed by atoms with Gasteiger partial charge in [0.2, 0.25) is 0 Å². The van der Waals surface area contributed by atoms with Crippen LogP contribution in [0.3, 0.4) is 0 Å². The van der Waals surface area contributed by atoms with Crippen molar-refractivity contribution in [1.29, 1.82) is 0 Å². The minimum atomic E-state index is -1.15. The van der Waals surface area contributed by atoms with Crippen molar-refractivity contribution >= 4 is 33.9 Å². The van der Waals surface area contributed by atoms with Crippen LogP contribution >= 0.6 is 0 Å². The summed E-state index contributed by atoms with van der Waals surface area (Å²) in [5.41, 5.74) is 5.40. The summed E-state index contributed by atoms with van der Waals surface area (Å²) in [4.78, 5) is 32.2. The van der Waals surface area contributed by atoms with Gasteiger partial charge in [0.15, 0.2) is 0 Å². The number of hydrogen-bond acceptors (Lipinski definition) is 4. The van der Waals surface area contributed by atoms with E-state index in [4.69, 9.17) is 15.9 Å². The Kier molecular flexibility index (Phi) is 6.71. The van der Waals surface area contributed by atoms with Crippen molar-refractivity contribution < 1.29 is 24.6 Å². The summed E-state index contributed by atoms with van der Waals surface area (Å²) in [6, 6.07) is -2.01. The van der Waals surface area contributed by atoms with Gasteiger partial charge in [0.1, 0.15) is 0 Å². The van der Waals surface area contributed by atoms with E-state index in [-0.39, 0.29) is 18.2 Å². The minimum absolute atomic E-state index is 0.0217. The second kappa shape index (κ2) is 7.21. The predicted octanol–water partition coefficient (Wildman–Crippen LogP) is -1.93. The van der Waals surface area contributed by atoms with Crippen LogP contribution in [0.1, 0.15) is 12.8 Å². The second-order valence-electron chi connectivity index (χ2n) is 3.12. The molecule has 0 aromatic rings. The molecule has 0 radical (unpaired) electrons. The van der Waals surface area contributed by atoms with Crippen LogP contribution in [0, 0.1) is 0 Å². The summed E-state index contributed by atoms with van der Waals surface area (Å²) < 4.78 is 0. The van der Waals surface area contributed by atoms with Gasteiger partial charge in [-0.2, -0.15) is 0 Å². The summed E-state index contributed by atoms with van der Waals surface area (Å²) in [6.07, 6.45) is -0.249. The first-order valence-electron chi connectivity index (χ1n) is 4.50. The maximum atomic E-state index is 11.3. The Morgan fingerprint density at radius 1 is 1.31 bits per heavy atom. The summed E-state index contributed by atoms with van der Waals surface area (Å²) in [7, 11) is 0. The number of carbonyl (C=O) groups excluding carboxylic acids is 1. The normalized spacial score (nSPS) is 13.9. The molecule has 0 spiro atoms. The molecule has 5 N–H and O–H groups in total. The van der Waals surface area contributed by atoms with E-state index in [9.17, 15) is 14.4 Å². The molecule has 0 fully saturated rings. The zero-order valence-corrected chi connectivity index (χ0v) is 10.3.